The van der Waals surface area contributed by atoms with E-state index in [-0.39, 0.29) is 12.5 Å². The number of para-hydroxylation sites is 1. The second kappa shape index (κ2) is 8.00. The van der Waals surface area contributed by atoms with Crippen molar-refractivity contribution < 1.29 is 9.53 Å². The molecule has 2 aromatic carbocycles. The minimum Gasteiger partial charge on any atom is -0.484 e. The van der Waals surface area contributed by atoms with Crippen LogP contribution in [0.4, 0.5) is 5.69 Å². The molecule has 128 valence electrons. The van der Waals surface area contributed by atoms with Crippen LogP contribution < -0.4 is 10.1 Å². The van der Waals surface area contributed by atoms with Gasteiger partial charge in [0.1, 0.15) is 5.75 Å². The summed E-state index contributed by atoms with van der Waals surface area (Å²) in [6, 6.07) is 13.9. The molecule has 2 rings (SSSR count). The zero-order valence-electron chi connectivity index (χ0n) is 15.2. The summed E-state index contributed by atoms with van der Waals surface area (Å²) in [5.41, 5.74) is 4.47. The third-order valence-electron chi connectivity index (χ3n) is 4.09. The quantitative estimate of drug-likeness (QED) is 0.787. The fourth-order valence-corrected chi connectivity index (χ4v) is 2.84. The van der Waals surface area contributed by atoms with Gasteiger partial charge in [0.05, 0.1) is 0 Å². The maximum absolute atomic E-state index is 12.2. The first-order chi connectivity index (χ1) is 11.4. The third kappa shape index (κ3) is 4.60. The van der Waals surface area contributed by atoms with Gasteiger partial charge in [-0.1, -0.05) is 52.0 Å². The molecule has 0 saturated carbocycles. The normalized spacial score (nSPS) is 11.0. The van der Waals surface area contributed by atoms with Gasteiger partial charge in [0, 0.05) is 5.69 Å². The van der Waals surface area contributed by atoms with Crippen molar-refractivity contribution in [2.45, 2.75) is 46.5 Å². The van der Waals surface area contributed by atoms with E-state index in [1.165, 1.54) is 11.1 Å². The minimum absolute atomic E-state index is 0.00684. The van der Waals surface area contributed by atoms with E-state index in [9.17, 15) is 4.79 Å². The summed E-state index contributed by atoms with van der Waals surface area (Å²) in [6.45, 7) is 10.6. The monoisotopic (exact) mass is 325 g/mol. The second-order valence-corrected chi connectivity index (χ2v) is 6.75. The van der Waals surface area contributed by atoms with Crippen molar-refractivity contribution in [1.29, 1.82) is 0 Å². The zero-order chi connectivity index (χ0) is 17.7. The van der Waals surface area contributed by atoms with Crippen molar-refractivity contribution in [1.82, 2.24) is 0 Å². The topological polar surface area (TPSA) is 38.3 Å². The number of amides is 1. The van der Waals surface area contributed by atoms with Crippen molar-refractivity contribution in [3.05, 3.63) is 59.2 Å². The summed E-state index contributed by atoms with van der Waals surface area (Å²) in [4.78, 5) is 12.2. The SMILES string of the molecule is Cc1cc(OCC(=O)Nc2ccccc2C(C)C)ccc1C(C)C. The average molecular weight is 325 g/mol. The van der Waals surface area contributed by atoms with E-state index in [1.54, 1.807) is 0 Å². The smallest absolute Gasteiger partial charge is 0.262 e. The Balaban J connectivity index is 1.98. The highest BCUT2D eigenvalue weighted by Gasteiger charge is 2.10. The van der Waals surface area contributed by atoms with Crippen LogP contribution in [0.25, 0.3) is 0 Å². The van der Waals surface area contributed by atoms with Gasteiger partial charge in [0.2, 0.25) is 0 Å². The lowest BCUT2D eigenvalue weighted by Crippen LogP contribution is -2.21. The van der Waals surface area contributed by atoms with Gasteiger partial charge in [-0.25, -0.2) is 0 Å². The number of anilines is 1. The maximum atomic E-state index is 12.2. The first-order valence-corrected chi connectivity index (χ1v) is 8.50. The Hall–Kier alpha value is -2.29. The molecule has 0 heterocycles. The van der Waals surface area contributed by atoms with E-state index in [1.807, 2.05) is 36.4 Å². The first kappa shape index (κ1) is 18.1. The van der Waals surface area contributed by atoms with Crippen LogP contribution in [0.2, 0.25) is 0 Å². The van der Waals surface area contributed by atoms with Crippen molar-refractivity contribution in [2.75, 3.05) is 11.9 Å². The van der Waals surface area contributed by atoms with Gasteiger partial charge in [0.25, 0.3) is 5.91 Å². The molecule has 24 heavy (non-hydrogen) atoms. The molecule has 0 atom stereocenters. The van der Waals surface area contributed by atoms with Crippen LogP contribution in [0, 0.1) is 6.92 Å². The van der Waals surface area contributed by atoms with E-state index in [0.717, 1.165) is 17.0 Å². The molecule has 0 radical (unpaired) electrons. The predicted molar refractivity (Wildman–Crippen MR) is 99.9 cm³/mol. The Morgan fingerprint density at radius 1 is 1.00 bits per heavy atom. The number of benzene rings is 2. The van der Waals surface area contributed by atoms with E-state index in [4.69, 9.17) is 4.74 Å². The lowest BCUT2D eigenvalue weighted by molar-refractivity contribution is -0.118. The highest BCUT2D eigenvalue weighted by atomic mass is 16.5. The number of carbonyl (C=O) groups excluding carboxylic acids is 1. The summed E-state index contributed by atoms with van der Waals surface area (Å²) in [5.74, 6) is 1.42. The number of aryl methyl sites for hydroxylation is 1. The Morgan fingerprint density at radius 3 is 2.29 bits per heavy atom. The minimum atomic E-state index is -0.145. The Kier molecular flexibility index (Phi) is 6.02. The standard InChI is InChI=1S/C21H27NO2/c1-14(2)18-11-10-17(12-16(18)5)24-13-21(23)22-20-9-7-6-8-19(20)15(3)4/h6-12,14-15H,13H2,1-5H3,(H,22,23). The van der Waals surface area contributed by atoms with E-state index in [2.05, 4.69) is 46.0 Å². The predicted octanol–water partition coefficient (Wildman–Crippen LogP) is 5.26. The largest absolute Gasteiger partial charge is 0.484 e. The highest BCUT2D eigenvalue weighted by Crippen LogP contribution is 2.25. The van der Waals surface area contributed by atoms with Crippen molar-refractivity contribution >= 4 is 11.6 Å². The molecular weight excluding hydrogens is 298 g/mol. The Labute approximate surface area is 145 Å². The first-order valence-electron chi connectivity index (χ1n) is 8.50. The number of hydrogen-bond donors (Lipinski definition) is 1. The summed E-state index contributed by atoms with van der Waals surface area (Å²) in [6.07, 6.45) is 0. The van der Waals surface area contributed by atoms with Crippen LogP contribution in [0.3, 0.4) is 0 Å². The van der Waals surface area contributed by atoms with Gasteiger partial charge >= 0.3 is 0 Å². The number of carbonyl (C=O) groups is 1. The second-order valence-electron chi connectivity index (χ2n) is 6.75. The van der Waals surface area contributed by atoms with E-state index >= 15 is 0 Å². The van der Waals surface area contributed by atoms with Crippen LogP contribution in [0.1, 0.15) is 56.2 Å². The molecule has 1 N–H and O–H groups in total. The molecule has 2 aromatic rings. The maximum Gasteiger partial charge on any atom is 0.262 e. The van der Waals surface area contributed by atoms with Gasteiger partial charge in [-0.05, 0) is 53.6 Å². The van der Waals surface area contributed by atoms with Crippen molar-refractivity contribution in [2.24, 2.45) is 0 Å². The highest BCUT2D eigenvalue weighted by molar-refractivity contribution is 5.92. The Bertz CT molecular complexity index is 705. The molecule has 0 aromatic heterocycles. The van der Waals surface area contributed by atoms with Gasteiger partial charge in [-0.3, -0.25) is 4.79 Å². The fraction of sp³-hybridized carbons (Fsp3) is 0.381. The van der Waals surface area contributed by atoms with E-state index < -0.39 is 0 Å². The van der Waals surface area contributed by atoms with Gasteiger partial charge < -0.3 is 10.1 Å². The fourth-order valence-electron chi connectivity index (χ4n) is 2.84. The van der Waals surface area contributed by atoms with Gasteiger partial charge in [-0.2, -0.15) is 0 Å². The molecule has 0 spiro atoms. The van der Waals surface area contributed by atoms with Crippen LogP contribution in [-0.2, 0) is 4.79 Å². The van der Waals surface area contributed by atoms with E-state index in [0.29, 0.717) is 11.8 Å². The Morgan fingerprint density at radius 2 is 1.67 bits per heavy atom. The summed E-state index contributed by atoms with van der Waals surface area (Å²) >= 11 is 0. The summed E-state index contributed by atoms with van der Waals surface area (Å²) < 4.78 is 5.64. The molecule has 0 aliphatic carbocycles. The van der Waals surface area contributed by atoms with Gasteiger partial charge in [-0.15, -0.1) is 0 Å². The molecule has 0 aliphatic rings. The van der Waals surface area contributed by atoms with Gasteiger partial charge in [0.15, 0.2) is 6.61 Å². The average Bonchev–Trinajstić information content (AvgIpc) is 2.53. The molecule has 0 saturated heterocycles. The molecule has 3 heteroatoms. The number of ether oxygens (including phenoxy) is 1. The summed E-state index contributed by atoms with van der Waals surface area (Å²) in [5, 5.41) is 2.94. The van der Waals surface area contributed by atoms with Crippen LogP contribution in [0.15, 0.2) is 42.5 Å². The van der Waals surface area contributed by atoms with Crippen molar-refractivity contribution in [3.8, 4) is 5.75 Å². The third-order valence-corrected chi connectivity index (χ3v) is 4.09. The molecule has 0 bridgehead atoms. The molecule has 1 amide bonds. The zero-order valence-corrected chi connectivity index (χ0v) is 15.2. The molecular formula is C21H27NO2. The van der Waals surface area contributed by atoms with Crippen LogP contribution >= 0.6 is 0 Å². The molecule has 0 fully saturated rings. The molecule has 0 aliphatic heterocycles. The number of hydrogen-bond acceptors (Lipinski definition) is 2. The molecule has 3 nitrogen and oxygen atoms in total. The molecule has 0 unspecified atom stereocenters. The number of rotatable bonds is 6. The lowest BCUT2D eigenvalue weighted by atomic mass is 9.98. The number of nitrogens with one attached hydrogen (secondary N) is 1. The van der Waals surface area contributed by atoms with Crippen LogP contribution in [-0.4, -0.2) is 12.5 Å². The lowest BCUT2D eigenvalue weighted by Gasteiger charge is -2.15. The summed E-state index contributed by atoms with van der Waals surface area (Å²) in [7, 11) is 0. The van der Waals surface area contributed by atoms with Crippen molar-refractivity contribution in [3.63, 3.8) is 0 Å². The van der Waals surface area contributed by atoms with Crippen LogP contribution in [0.5, 0.6) is 5.75 Å².